The van der Waals surface area contributed by atoms with Gasteiger partial charge in [0, 0.05) is 17.0 Å². The van der Waals surface area contributed by atoms with Crippen molar-refractivity contribution in [2.24, 2.45) is 5.41 Å². The summed E-state index contributed by atoms with van der Waals surface area (Å²) in [5.74, 6) is 0.298. The smallest absolute Gasteiger partial charge is 0.232 e. The van der Waals surface area contributed by atoms with Crippen molar-refractivity contribution in [1.29, 1.82) is 0 Å². The first-order chi connectivity index (χ1) is 8.36. The number of amides is 1. The first-order valence-electron chi connectivity index (χ1n) is 5.63. The molecular weight excluding hydrogens is 230 g/mol. The second-order valence-electron chi connectivity index (χ2n) is 5.14. The number of hydrogen-bond acceptors (Lipinski definition) is 4. The van der Waals surface area contributed by atoms with Gasteiger partial charge in [0.2, 0.25) is 11.9 Å². The summed E-state index contributed by atoms with van der Waals surface area (Å²) in [7, 11) is 0. The van der Waals surface area contributed by atoms with Gasteiger partial charge in [-0.25, -0.2) is 9.97 Å². The Hall–Kier alpha value is -2.17. The highest BCUT2D eigenvalue weighted by Crippen LogP contribution is 2.20. The quantitative estimate of drug-likeness (QED) is 0.808. The van der Waals surface area contributed by atoms with Crippen molar-refractivity contribution in [3.8, 4) is 5.75 Å². The molecule has 0 radical (unpaired) electrons. The average molecular weight is 245 g/mol. The molecular formula is C13H15N3O2. The second-order valence-corrected chi connectivity index (χ2v) is 5.14. The Balaban J connectivity index is 2.31. The van der Waals surface area contributed by atoms with E-state index in [4.69, 9.17) is 0 Å². The van der Waals surface area contributed by atoms with Crippen molar-refractivity contribution in [1.82, 2.24) is 9.97 Å². The van der Waals surface area contributed by atoms with E-state index in [-0.39, 0.29) is 17.6 Å². The Kier molecular flexibility index (Phi) is 2.90. The Labute approximate surface area is 105 Å². The fourth-order valence-electron chi connectivity index (χ4n) is 1.37. The van der Waals surface area contributed by atoms with Gasteiger partial charge in [-0.3, -0.25) is 10.1 Å². The number of rotatable bonds is 1. The first-order valence-corrected chi connectivity index (χ1v) is 5.63. The van der Waals surface area contributed by atoms with Crippen molar-refractivity contribution >= 4 is 22.8 Å². The highest BCUT2D eigenvalue weighted by molar-refractivity contribution is 5.93. The lowest BCUT2D eigenvalue weighted by molar-refractivity contribution is -0.123. The number of phenols is 1. The minimum Gasteiger partial charge on any atom is -0.508 e. The summed E-state index contributed by atoms with van der Waals surface area (Å²) in [4.78, 5) is 20.1. The van der Waals surface area contributed by atoms with Gasteiger partial charge in [-0.1, -0.05) is 20.8 Å². The molecule has 1 amide bonds. The summed E-state index contributed by atoms with van der Waals surface area (Å²) in [5, 5.41) is 12.7. The van der Waals surface area contributed by atoms with Crippen LogP contribution in [0.3, 0.4) is 0 Å². The van der Waals surface area contributed by atoms with Crippen LogP contribution >= 0.6 is 0 Å². The van der Waals surface area contributed by atoms with Gasteiger partial charge in [-0.15, -0.1) is 0 Å². The number of aromatic hydroxyl groups is 1. The summed E-state index contributed by atoms with van der Waals surface area (Å²) in [6, 6.07) is 4.80. The van der Waals surface area contributed by atoms with E-state index in [0.29, 0.717) is 5.52 Å². The molecule has 1 heterocycles. The Morgan fingerprint density at radius 2 is 2.06 bits per heavy atom. The molecule has 0 saturated carbocycles. The maximum Gasteiger partial charge on any atom is 0.232 e. The van der Waals surface area contributed by atoms with Gasteiger partial charge in [0.1, 0.15) is 5.75 Å². The van der Waals surface area contributed by atoms with Crippen LogP contribution in [0.4, 0.5) is 5.95 Å². The van der Waals surface area contributed by atoms with E-state index < -0.39 is 5.41 Å². The fraction of sp³-hybridized carbons (Fsp3) is 0.308. The number of phenolic OH excluding ortho intramolecular Hbond substituents is 1. The molecule has 2 aromatic rings. The largest absolute Gasteiger partial charge is 0.508 e. The van der Waals surface area contributed by atoms with E-state index in [0.717, 1.165) is 5.39 Å². The van der Waals surface area contributed by atoms with Crippen molar-refractivity contribution < 1.29 is 9.90 Å². The minimum absolute atomic E-state index is 0.138. The predicted molar refractivity (Wildman–Crippen MR) is 69.3 cm³/mol. The third-order valence-corrected chi connectivity index (χ3v) is 2.47. The normalized spacial score (nSPS) is 11.5. The molecule has 1 aromatic heterocycles. The number of carbonyl (C=O) groups excluding carboxylic acids is 1. The highest BCUT2D eigenvalue weighted by atomic mass is 16.3. The zero-order valence-corrected chi connectivity index (χ0v) is 10.6. The van der Waals surface area contributed by atoms with Crippen molar-refractivity contribution in [2.45, 2.75) is 20.8 Å². The molecule has 1 aromatic carbocycles. The van der Waals surface area contributed by atoms with E-state index in [1.807, 2.05) is 20.8 Å². The lowest BCUT2D eigenvalue weighted by atomic mass is 9.96. The van der Waals surface area contributed by atoms with Gasteiger partial charge in [-0.2, -0.15) is 0 Å². The molecule has 5 nitrogen and oxygen atoms in total. The number of carbonyl (C=O) groups is 1. The molecule has 0 aliphatic heterocycles. The average Bonchev–Trinajstić information content (AvgIpc) is 2.28. The van der Waals surface area contributed by atoms with Crippen LogP contribution in [0, 0.1) is 5.41 Å². The van der Waals surface area contributed by atoms with Gasteiger partial charge in [0.25, 0.3) is 0 Å². The van der Waals surface area contributed by atoms with Crippen molar-refractivity contribution in [2.75, 3.05) is 5.32 Å². The predicted octanol–water partition coefficient (Wildman–Crippen LogP) is 2.32. The van der Waals surface area contributed by atoms with Crippen LogP contribution in [-0.2, 0) is 4.79 Å². The van der Waals surface area contributed by atoms with Gasteiger partial charge < -0.3 is 5.11 Å². The summed E-state index contributed by atoms with van der Waals surface area (Å²) < 4.78 is 0. The monoisotopic (exact) mass is 245 g/mol. The number of anilines is 1. The molecule has 18 heavy (non-hydrogen) atoms. The lowest BCUT2D eigenvalue weighted by Gasteiger charge is -2.16. The van der Waals surface area contributed by atoms with Gasteiger partial charge in [-0.05, 0) is 18.2 Å². The van der Waals surface area contributed by atoms with E-state index in [2.05, 4.69) is 15.3 Å². The molecule has 0 bridgehead atoms. The maximum atomic E-state index is 11.8. The molecule has 0 spiro atoms. The van der Waals surface area contributed by atoms with E-state index >= 15 is 0 Å². The number of aromatic nitrogens is 2. The standard InChI is InChI=1S/C13H15N3O2/c1-13(2,3)11(18)16-12-14-7-8-6-9(17)4-5-10(8)15-12/h4-7,17H,1-3H3,(H,14,15,16,18). The van der Waals surface area contributed by atoms with Gasteiger partial charge >= 0.3 is 0 Å². The molecule has 0 fully saturated rings. The number of nitrogens with zero attached hydrogens (tertiary/aromatic N) is 2. The first kappa shape index (κ1) is 12.3. The topological polar surface area (TPSA) is 75.1 Å². The third-order valence-electron chi connectivity index (χ3n) is 2.47. The number of hydrogen-bond donors (Lipinski definition) is 2. The van der Waals surface area contributed by atoms with Crippen LogP contribution in [0.15, 0.2) is 24.4 Å². The Morgan fingerprint density at radius 3 is 2.72 bits per heavy atom. The molecule has 0 aliphatic rings. The van der Waals surface area contributed by atoms with Crippen LogP contribution in [-0.4, -0.2) is 21.0 Å². The Morgan fingerprint density at radius 1 is 1.33 bits per heavy atom. The summed E-state index contributed by atoms with van der Waals surface area (Å²) >= 11 is 0. The van der Waals surface area contributed by atoms with Crippen LogP contribution in [0.1, 0.15) is 20.8 Å². The van der Waals surface area contributed by atoms with Crippen molar-refractivity contribution in [3.05, 3.63) is 24.4 Å². The van der Waals surface area contributed by atoms with Crippen LogP contribution in [0.5, 0.6) is 5.75 Å². The summed E-state index contributed by atoms with van der Waals surface area (Å²) in [5.41, 5.74) is 0.180. The third kappa shape index (κ3) is 2.56. The number of benzene rings is 1. The Bertz CT molecular complexity index is 603. The van der Waals surface area contributed by atoms with E-state index in [1.165, 1.54) is 0 Å². The zero-order valence-electron chi connectivity index (χ0n) is 10.6. The number of fused-ring (bicyclic) bond motifs is 1. The van der Waals surface area contributed by atoms with Gasteiger partial charge in [0.05, 0.1) is 5.52 Å². The van der Waals surface area contributed by atoms with Crippen LogP contribution in [0.25, 0.3) is 10.9 Å². The SMILES string of the molecule is CC(C)(C)C(=O)Nc1ncc2cc(O)ccc2n1. The van der Waals surface area contributed by atoms with Crippen LogP contribution < -0.4 is 5.32 Å². The maximum absolute atomic E-state index is 11.8. The highest BCUT2D eigenvalue weighted by Gasteiger charge is 2.22. The zero-order chi connectivity index (χ0) is 13.3. The second kappa shape index (κ2) is 4.25. The molecule has 94 valence electrons. The fourth-order valence-corrected chi connectivity index (χ4v) is 1.37. The van der Waals surface area contributed by atoms with Crippen molar-refractivity contribution in [3.63, 3.8) is 0 Å². The minimum atomic E-state index is -0.493. The molecule has 0 aliphatic carbocycles. The van der Waals surface area contributed by atoms with Gasteiger partial charge in [0.15, 0.2) is 0 Å². The number of nitrogens with one attached hydrogen (secondary N) is 1. The molecule has 0 atom stereocenters. The van der Waals surface area contributed by atoms with E-state index in [9.17, 15) is 9.90 Å². The molecule has 5 heteroatoms. The molecule has 0 unspecified atom stereocenters. The van der Waals surface area contributed by atoms with Crippen LogP contribution in [0.2, 0.25) is 0 Å². The van der Waals surface area contributed by atoms with E-state index in [1.54, 1.807) is 24.4 Å². The molecule has 0 saturated heterocycles. The molecule has 2 N–H and O–H groups in total. The summed E-state index contributed by atoms with van der Waals surface area (Å²) in [6.45, 7) is 5.46. The molecule has 2 rings (SSSR count). The lowest BCUT2D eigenvalue weighted by Crippen LogP contribution is -2.28. The summed E-state index contributed by atoms with van der Waals surface area (Å²) in [6.07, 6.45) is 1.57.